The van der Waals surface area contributed by atoms with Crippen LogP contribution in [0.2, 0.25) is 0 Å². The number of Topliss-reactive ketones (excluding diaryl/α,β-unsaturated/α-hetero) is 1. The Morgan fingerprint density at radius 1 is 1.14 bits per heavy atom. The number of carbonyl (C=O) groups excluding carboxylic acids is 1. The Kier molecular flexibility index (Phi) is 2.96. The highest BCUT2D eigenvalue weighted by molar-refractivity contribution is 5.92. The van der Waals surface area contributed by atoms with E-state index < -0.39 is 0 Å². The molecule has 2 heteroatoms. The Balaban J connectivity index is 1.72. The maximum atomic E-state index is 12.3. The third-order valence-electron chi connectivity index (χ3n) is 7.85. The van der Waals surface area contributed by atoms with Gasteiger partial charge in [0.1, 0.15) is 5.78 Å². The molecule has 0 amide bonds. The predicted molar refractivity (Wildman–Crippen MR) is 82.7 cm³/mol. The van der Waals surface area contributed by atoms with Gasteiger partial charge >= 0.3 is 0 Å². The largest absolute Gasteiger partial charge is 0.393 e. The summed E-state index contributed by atoms with van der Waals surface area (Å²) in [5.74, 6) is 2.29. The Morgan fingerprint density at radius 2 is 1.95 bits per heavy atom. The molecule has 0 spiro atoms. The fraction of sp³-hybridized carbons (Fsp3) is 0.842. The second kappa shape index (κ2) is 4.44. The van der Waals surface area contributed by atoms with Gasteiger partial charge in [0, 0.05) is 11.8 Å². The minimum atomic E-state index is -0.163. The fourth-order valence-electron chi connectivity index (χ4n) is 6.46. The number of aliphatic hydroxyl groups excluding tert-OH is 1. The Bertz CT molecular complexity index is 508. The second-order valence-electron chi connectivity index (χ2n) is 8.46. The molecule has 3 fully saturated rings. The van der Waals surface area contributed by atoms with Crippen LogP contribution in [0.5, 0.6) is 0 Å². The van der Waals surface area contributed by atoms with Crippen molar-refractivity contribution in [2.75, 3.05) is 0 Å². The Labute approximate surface area is 128 Å². The van der Waals surface area contributed by atoms with Gasteiger partial charge < -0.3 is 5.11 Å². The van der Waals surface area contributed by atoms with Crippen LogP contribution in [-0.2, 0) is 4.79 Å². The van der Waals surface area contributed by atoms with E-state index >= 15 is 0 Å². The highest BCUT2D eigenvalue weighted by atomic mass is 16.3. The summed E-state index contributed by atoms with van der Waals surface area (Å²) < 4.78 is 0. The molecule has 4 rings (SSSR count). The molecule has 2 unspecified atom stereocenters. The smallest absolute Gasteiger partial charge is 0.146 e. The molecule has 0 aromatic carbocycles. The SMILES string of the molecule is C[C@]12CC[C@H]3[C@@H](CCC4CCCC(O)[C@@]43C)C1=CCC2=O. The van der Waals surface area contributed by atoms with Crippen molar-refractivity contribution < 1.29 is 9.90 Å². The van der Waals surface area contributed by atoms with E-state index in [1.807, 2.05) is 0 Å². The van der Waals surface area contributed by atoms with E-state index in [9.17, 15) is 9.90 Å². The lowest BCUT2D eigenvalue weighted by atomic mass is 9.46. The number of aliphatic hydroxyl groups is 1. The first-order valence-electron chi connectivity index (χ1n) is 8.90. The predicted octanol–water partition coefficient (Wildman–Crippen LogP) is 3.88. The number of hydrogen-bond donors (Lipinski definition) is 1. The molecular formula is C19H28O2. The molecule has 0 heterocycles. The summed E-state index contributed by atoms with van der Waals surface area (Å²) in [6.45, 7) is 4.54. The van der Waals surface area contributed by atoms with Crippen LogP contribution in [0, 0.1) is 28.6 Å². The van der Waals surface area contributed by atoms with E-state index in [-0.39, 0.29) is 16.9 Å². The quantitative estimate of drug-likeness (QED) is 0.687. The molecule has 3 saturated carbocycles. The topological polar surface area (TPSA) is 37.3 Å². The molecule has 0 aliphatic heterocycles. The van der Waals surface area contributed by atoms with Gasteiger partial charge in [-0.15, -0.1) is 0 Å². The summed E-state index contributed by atoms with van der Waals surface area (Å²) in [6.07, 6.45) is 10.9. The molecule has 0 aromatic rings. The van der Waals surface area contributed by atoms with Crippen molar-refractivity contribution in [2.24, 2.45) is 28.6 Å². The van der Waals surface area contributed by atoms with Gasteiger partial charge in [-0.2, -0.15) is 0 Å². The molecule has 1 N–H and O–H groups in total. The van der Waals surface area contributed by atoms with Gasteiger partial charge in [0.15, 0.2) is 0 Å². The highest BCUT2D eigenvalue weighted by Crippen LogP contribution is 2.64. The molecule has 4 aliphatic carbocycles. The zero-order valence-electron chi connectivity index (χ0n) is 13.4. The standard InChI is InChI=1S/C19H28O2/c1-18-11-10-15-13(14(18)8-9-16(18)20)7-6-12-4-3-5-17(21)19(12,15)2/h8,12-13,15,17,21H,3-7,9-11H2,1-2H3/t12?,13-,15-,17?,18-,19-/m0/s1. The zero-order valence-corrected chi connectivity index (χ0v) is 13.4. The first kappa shape index (κ1) is 14.0. The highest BCUT2D eigenvalue weighted by Gasteiger charge is 2.59. The van der Waals surface area contributed by atoms with Gasteiger partial charge in [0.25, 0.3) is 0 Å². The first-order valence-corrected chi connectivity index (χ1v) is 8.90. The van der Waals surface area contributed by atoms with Crippen molar-refractivity contribution in [3.05, 3.63) is 11.6 Å². The van der Waals surface area contributed by atoms with Crippen LogP contribution < -0.4 is 0 Å². The van der Waals surface area contributed by atoms with Crippen LogP contribution in [-0.4, -0.2) is 17.0 Å². The van der Waals surface area contributed by atoms with Crippen molar-refractivity contribution in [1.82, 2.24) is 0 Å². The van der Waals surface area contributed by atoms with Gasteiger partial charge in [-0.25, -0.2) is 0 Å². The lowest BCUT2D eigenvalue weighted by molar-refractivity contribution is -0.139. The van der Waals surface area contributed by atoms with Crippen molar-refractivity contribution in [1.29, 1.82) is 0 Å². The van der Waals surface area contributed by atoms with E-state index in [2.05, 4.69) is 19.9 Å². The van der Waals surface area contributed by atoms with E-state index in [1.54, 1.807) is 0 Å². The summed E-state index contributed by atoms with van der Waals surface area (Å²) in [4.78, 5) is 12.3. The molecular weight excluding hydrogens is 260 g/mol. The summed E-state index contributed by atoms with van der Waals surface area (Å²) in [5.41, 5.74) is 1.38. The summed E-state index contributed by atoms with van der Waals surface area (Å²) >= 11 is 0. The third-order valence-corrected chi connectivity index (χ3v) is 7.85. The lowest BCUT2D eigenvalue weighted by Gasteiger charge is -2.59. The molecule has 6 atom stereocenters. The number of carbonyl (C=O) groups is 1. The second-order valence-corrected chi connectivity index (χ2v) is 8.46. The number of hydrogen-bond acceptors (Lipinski definition) is 2. The van der Waals surface area contributed by atoms with Crippen molar-refractivity contribution in [3.8, 4) is 0 Å². The van der Waals surface area contributed by atoms with E-state index in [1.165, 1.54) is 31.3 Å². The summed E-state index contributed by atoms with van der Waals surface area (Å²) in [6, 6.07) is 0. The maximum Gasteiger partial charge on any atom is 0.146 e. The maximum absolute atomic E-state index is 12.3. The van der Waals surface area contributed by atoms with Crippen molar-refractivity contribution in [3.63, 3.8) is 0 Å². The van der Waals surface area contributed by atoms with E-state index in [0.29, 0.717) is 30.0 Å². The van der Waals surface area contributed by atoms with Crippen LogP contribution >= 0.6 is 0 Å². The first-order chi connectivity index (χ1) is 9.98. The van der Waals surface area contributed by atoms with Crippen LogP contribution in [0.15, 0.2) is 11.6 Å². The van der Waals surface area contributed by atoms with Gasteiger partial charge in [-0.05, 0) is 68.6 Å². The van der Waals surface area contributed by atoms with Crippen LogP contribution in [0.3, 0.4) is 0 Å². The number of rotatable bonds is 0. The third kappa shape index (κ3) is 1.66. The molecule has 0 radical (unpaired) electrons. The molecule has 21 heavy (non-hydrogen) atoms. The number of allylic oxidation sites excluding steroid dienone is 2. The molecule has 2 nitrogen and oxygen atoms in total. The summed E-state index contributed by atoms with van der Waals surface area (Å²) in [7, 11) is 0. The van der Waals surface area contributed by atoms with Crippen LogP contribution in [0.1, 0.15) is 65.2 Å². The van der Waals surface area contributed by atoms with Crippen LogP contribution in [0.4, 0.5) is 0 Å². The zero-order chi connectivity index (χ0) is 14.8. The van der Waals surface area contributed by atoms with E-state index in [0.717, 1.165) is 19.3 Å². The minimum absolute atomic E-state index is 0.0922. The lowest BCUT2D eigenvalue weighted by Crippen LogP contribution is -2.56. The molecule has 116 valence electrons. The molecule has 0 aromatic heterocycles. The van der Waals surface area contributed by atoms with Gasteiger partial charge in [-0.3, -0.25) is 4.79 Å². The Morgan fingerprint density at radius 3 is 2.76 bits per heavy atom. The fourth-order valence-corrected chi connectivity index (χ4v) is 6.46. The number of ketones is 1. The van der Waals surface area contributed by atoms with Gasteiger partial charge in [0.05, 0.1) is 6.10 Å². The average molecular weight is 288 g/mol. The van der Waals surface area contributed by atoms with E-state index in [4.69, 9.17) is 0 Å². The Hall–Kier alpha value is -0.630. The molecule has 4 aliphatic rings. The normalized spacial score (nSPS) is 52.7. The molecule has 0 bridgehead atoms. The van der Waals surface area contributed by atoms with Crippen molar-refractivity contribution >= 4 is 5.78 Å². The molecule has 0 saturated heterocycles. The number of fused-ring (bicyclic) bond motifs is 5. The van der Waals surface area contributed by atoms with Gasteiger partial charge in [-0.1, -0.05) is 25.0 Å². The monoisotopic (exact) mass is 288 g/mol. The average Bonchev–Trinajstić information content (AvgIpc) is 2.76. The minimum Gasteiger partial charge on any atom is -0.393 e. The van der Waals surface area contributed by atoms with Gasteiger partial charge in [0.2, 0.25) is 0 Å². The van der Waals surface area contributed by atoms with Crippen LogP contribution in [0.25, 0.3) is 0 Å². The summed E-state index contributed by atoms with van der Waals surface area (Å²) in [5, 5.41) is 10.8. The van der Waals surface area contributed by atoms with Crippen molar-refractivity contribution in [2.45, 2.75) is 71.3 Å².